The normalized spacial score (nSPS) is 11.4. The number of nitrogens with one attached hydrogen (secondary N) is 2. The highest BCUT2D eigenvalue weighted by Crippen LogP contribution is 2.13. The second kappa shape index (κ2) is 6.49. The van der Waals surface area contributed by atoms with E-state index in [-0.39, 0.29) is 11.4 Å². The van der Waals surface area contributed by atoms with E-state index < -0.39 is 10.0 Å². The summed E-state index contributed by atoms with van der Waals surface area (Å²) in [7, 11) is -3.51. The van der Waals surface area contributed by atoms with Gasteiger partial charge < -0.3 is 9.84 Å². The van der Waals surface area contributed by atoms with Crippen molar-refractivity contribution < 1.29 is 12.9 Å². The zero-order valence-electron chi connectivity index (χ0n) is 11.0. The van der Waals surface area contributed by atoms with Crippen LogP contribution in [0.3, 0.4) is 0 Å². The fourth-order valence-electron chi connectivity index (χ4n) is 1.64. The molecule has 7 nitrogen and oxygen atoms in total. The molecule has 1 aromatic carbocycles. The minimum atomic E-state index is -3.51. The van der Waals surface area contributed by atoms with Crippen molar-refractivity contribution in [1.82, 2.24) is 14.9 Å². The molecule has 0 aliphatic heterocycles. The van der Waals surface area contributed by atoms with Crippen LogP contribution in [0.5, 0.6) is 0 Å². The van der Waals surface area contributed by atoms with Gasteiger partial charge in [-0.25, -0.2) is 13.1 Å². The molecule has 2 rings (SSSR count). The molecule has 1 heterocycles. The van der Waals surface area contributed by atoms with Gasteiger partial charge in [0.25, 0.3) is 0 Å². The van der Waals surface area contributed by atoms with Crippen molar-refractivity contribution in [3.05, 3.63) is 36.5 Å². The first-order valence-corrected chi connectivity index (χ1v) is 7.69. The molecule has 20 heavy (non-hydrogen) atoms. The number of rotatable bonds is 7. The summed E-state index contributed by atoms with van der Waals surface area (Å²) in [6.45, 7) is 2.97. The third-order valence-electron chi connectivity index (χ3n) is 2.58. The summed E-state index contributed by atoms with van der Waals surface area (Å²) in [6.07, 6.45) is 1.64. The molecule has 0 bridgehead atoms. The van der Waals surface area contributed by atoms with Crippen LogP contribution in [-0.2, 0) is 16.4 Å². The first-order valence-electron chi connectivity index (χ1n) is 6.21. The van der Waals surface area contributed by atoms with Crippen molar-refractivity contribution in [2.75, 3.05) is 18.4 Å². The number of benzene rings is 1. The Morgan fingerprint density at radius 3 is 2.60 bits per heavy atom. The molecule has 8 heteroatoms. The van der Waals surface area contributed by atoms with Gasteiger partial charge >= 0.3 is 0 Å². The number of nitrogens with zero attached hydrogens (tertiary/aromatic N) is 2. The van der Waals surface area contributed by atoms with E-state index in [9.17, 15) is 8.42 Å². The Labute approximate surface area is 117 Å². The van der Waals surface area contributed by atoms with Crippen molar-refractivity contribution in [3.8, 4) is 0 Å². The molecule has 0 saturated carbocycles. The molecule has 108 valence electrons. The Balaban J connectivity index is 1.95. The van der Waals surface area contributed by atoms with Crippen LogP contribution in [0.2, 0.25) is 0 Å². The molecule has 0 spiro atoms. The van der Waals surface area contributed by atoms with Gasteiger partial charge in [-0.05, 0) is 31.2 Å². The second-order valence-electron chi connectivity index (χ2n) is 4.04. The maximum atomic E-state index is 12.0. The Bertz CT molecular complexity index is 623. The minimum absolute atomic E-state index is 0.208. The highest BCUT2D eigenvalue weighted by atomic mass is 32.2. The van der Waals surface area contributed by atoms with Gasteiger partial charge in [0.05, 0.1) is 4.90 Å². The van der Waals surface area contributed by atoms with Gasteiger partial charge in [0.1, 0.15) is 0 Å². The molecular weight excluding hydrogens is 280 g/mol. The Kier molecular flexibility index (Phi) is 4.70. The summed E-state index contributed by atoms with van der Waals surface area (Å²) in [4.78, 5) is 4.05. The molecule has 1 aromatic heterocycles. The predicted molar refractivity (Wildman–Crippen MR) is 73.8 cm³/mol. The maximum absolute atomic E-state index is 12.0. The largest absolute Gasteiger partial charge is 0.385 e. The lowest BCUT2D eigenvalue weighted by molar-refractivity contribution is 0.377. The number of hydrogen-bond acceptors (Lipinski definition) is 6. The third kappa shape index (κ3) is 3.78. The Morgan fingerprint density at radius 2 is 2.00 bits per heavy atom. The fraction of sp³-hybridized carbons (Fsp3) is 0.333. The number of sulfonamides is 1. The molecule has 2 N–H and O–H groups in total. The van der Waals surface area contributed by atoms with Crippen LogP contribution in [0.1, 0.15) is 12.8 Å². The molecule has 0 unspecified atom stereocenters. The van der Waals surface area contributed by atoms with Gasteiger partial charge in [0.15, 0.2) is 6.33 Å². The molecule has 0 aliphatic carbocycles. The van der Waals surface area contributed by atoms with Crippen molar-refractivity contribution in [2.24, 2.45) is 0 Å². The standard InChI is InChI=1S/C12H16N4O3S/c1-2-13-10-3-5-11(6-4-10)20(17,18)16-8-7-12-14-9-15-19-12/h3-6,9,13,16H,2,7-8H2,1H3. The second-order valence-corrected chi connectivity index (χ2v) is 5.80. The van der Waals surface area contributed by atoms with E-state index in [4.69, 9.17) is 4.52 Å². The molecule has 0 radical (unpaired) electrons. The van der Waals surface area contributed by atoms with E-state index in [1.54, 1.807) is 24.3 Å². The smallest absolute Gasteiger partial charge is 0.240 e. The quantitative estimate of drug-likeness (QED) is 0.792. The SMILES string of the molecule is CCNc1ccc(S(=O)(=O)NCCc2ncno2)cc1. The molecule has 0 saturated heterocycles. The van der Waals surface area contributed by atoms with Crippen LogP contribution in [0.15, 0.2) is 40.0 Å². The van der Waals surface area contributed by atoms with E-state index in [0.29, 0.717) is 12.3 Å². The third-order valence-corrected chi connectivity index (χ3v) is 4.06. The van der Waals surface area contributed by atoms with Gasteiger partial charge in [-0.15, -0.1) is 0 Å². The summed E-state index contributed by atoms with van der Waals surface area (Å²) >= 11 is 0. The summed E-state index contributed by atoms with van der Waals surface area (Å²) < 4.78 is 31.3. The van der Waals surface area contributed by atoms with Gasteiger partial charge in [-0.2, -0.15) is 4.98 Å². The topological polar surface area (TPSA) is 97.1 Å². The lowest BCUT2D eigenvalue weighted by atomic mass is 10.3. The molecule has 0 atom stereocenters. The molecule has 0 amide bonds. The van der Waals surface area contributed by atoms with E-state index in [2.05, 4.69) is 20.2 Å². The van der Waals surface area contributed by atoms with Gasteiger partial charge in [-0.1, -0.05) is 5.16 Å². The highest BCUT2D eigenvalue weighted by molar-refractivity contribution is 7.89. The van der Waals surface area contributed by atoms with Crippen molar-refractivity contribution in [3.63, 3.8) is 0 Å². The zero-order valence-corrected chi connectivity index (χ0v) is 11.9. The minimum Gasteiger partial charge on any atom is -0.385 e. The first kappa shape index (κ1) is 14.5. The maximum Gasteiger partial charge on any atom is 0.240 e. The fourth-order valence-corrected chi connectivity index (χ4v) is 2.67. The average Bonchev–Trinajstić information content (AvgIpc) is 2.93. The Morgan fingerprint density at radius 1 is 1.25 bits per heavy atom. The van der Waals surface area contributed by atoms with E-state index in [1.807, 2.05) is 6.92 Å². The van der Waals surface area contributed by atoms with Crippen molar-refractivity contribution >= 4 is 15.7 Å². The van der Waals surface area contributed by atoms with Crippen LogP contribution in [0.25, 0.3) is 0 Å². The Hall–Kier alpha value is -1.93. The monoisotopic (exact) mass is 296 g/mol. The van der Waals surface area contributed by atoms with Crippen LogP contribution in [-0.4, -0.2) is 31.6 Å². The molecule has 2 aromatic rings. The van der Waals surface area contributed by atoms with Gasteiger partial charge in [-0.3, -0.25) is 0 Å². The summed E-state index contributed by atoms with van der Waals surface area (Å²) in [5, 5.41) is 6.56. The summed E-state index contributed by atoms with van der Waals surface area (Å²) in [5.74, 6) is 0.398. The van der Waals surface area contributed by atoms with E-state index >= 15 is 0 Å². The lowest BCUT2D eigenvalue weighted by Crippen LogP contribution is -2.26. The number of hydrogen-bond donors (Lipinski definition) is 2. The summed E-state index contributed by atoms with van der Waals surface area (Å²) in [6, 6.07) is 6.59. The molecular formula is C12H16N4O3S. The molecule has 0 fully saturated rings. The van der Waals surface area contributed by atoms with E-state index in [0.717, 1.165) is 12.2 Å². The van der Waals surface area contributed by atoms with Gasteiger partial charge in [0.2, 0.25) is 15.9 Å². The van der Waals surface area contributed by atoms with Crippen LogP contribution >= 0.6 is 0 Å². The summed E-state index contributed by atoms with van der Waals surface area (Å²) in [5.41, 5.74) is 0.886. The van der Waals surface area contributed by atoms with Crippen molar-refractivity contribution in [2.45, 2.75) is 18.2 Å². The highest BCUT2D eigenvalue weighted by Gasteiger charge is 2.13. The first-order chi connectivity index (χ1) is 9.62. The van der Waals surface area contributed by atoms with Crippen LogP contribution in [0.4, 0.5) is 5.69 Å². The molecule has 0 aliphatic rings. The average molecular weight is 296 g/mol. The van der Waals surface area contributed by atoms with Crippen molar-refractivity contribution in [1.29, 1.82) is 0 Å². The predicted octanol–water partition coefficient (Wildman–Crippen LogP) is 1.02. The number of aromatic nitrogens is 2. The van der Waals surface area contributed by atoms with Crippen LogP contribution < -0.4 is 10.0 Å². The van der Waals surface area contributed by atoms with E-state index in [1.165, 1.54) is 6.33 Å². The number of anilines is 1. The van der Waals surface area contributed by atoms with Crippen LogP contribution in [0, 0.1) is 0 Å². The zero-order chi connectivity index (χ0) is 14.4. The lowest BCUT2D eigenvalue weighted by Gasteiger charge is -2.07. The van der Waals surface area contributed by atoms with Gasteiger partial charge in [0, 0.05) is 25.2 Å².